The predicted octanol–water partition coefficient (Wildman–Crippen LogP) is 3.29. The normalized spacial score (nSPS) is 25.4. The Labute approximate surface area is 304 Å². The van der Waals surface area contributed by atoms with Crippen molar-refractivity contribution in [3.05, 3.63) is 85.5 Å². The maximum atomic E-state index is 14.8. The minimum Gasteiger partial charge on any atom is -0.455 e. The van der Waals surface area contributed by atoms with Gasteiger partial charge in [-0.3, -0.25) is 19.2 Å². The second kappa shape index (κ2) is 15.9. The quantitative estimate of drug-likeness (QED) is 0.0913. The lowest BCUT2D eigenvalue weighted by Gasteiger charge is -2.37. The van der Waals surface area contributed by atoms with E-state index in [1.165, 1.54) is 4.90 Å². The van der Waals surface area contributed by atoms with Gasteiger partial charge < -0.3 is 29.7 Å². The lowest BCUT2D eigenvalue weighted by molar-refractivity contribution is -0.160. The monoisotopic (exact) mass is 762 g/mol. The number of amides is 3. The van der Waals surface area contributed by atoms with Gasteiger partial charge in [-0.25, -0.2) is 4.68 Å². The average Bonchev–Trinajstić information content (AvgIpc) is 3.86. The standard InChI is InChI=1S/C37H43BrN6O7/c1-3-5-17-29(46)39-22-28(24-13-7-6-8-14-24)50-36(49)30-31-34(47)43(19-11-12-20-45)33(37(31)21-25(38)32(30)51-37)35(48)42(18-4-2)23-44-27-16-10-9-15-26(27)40-41-44/h3-4,6-10,13-16,25,28,30-33,45H,1-2,5,11-12,17-23H2,(H,39,46)/t25?,28-,30+,31-,32+,33+,37-/m0/s1. The summed E-state index contributed by atoms with van der Waals surface area (Å²) in [6.07, 6.45) is 3.66. The van der Waals surface area contributed by atoms with Crippen LogP contribution >= 0.6 is 15.9 Å². The second-order valence-electron chi connectivity index (χ2n) is 13.2. The number of halogens is 1. The molecule has 0 aliphatic carbocycles. The van der Waals surface area contributed by atoms with Crippen LogP contribution in [0.4, 0.5) is 0 Å². The number of aromatic nitrogens is 3. The Morgan fingerprint density at radius 2 is 1.90 bits per heavy atom. The number of unbranched alkanes of at least 4 members (excludes halogenated alkanes) is 1. The van der Waals surface area contributed by atoms with Gasteiger partial charge in [0.2, 0.25) is 17.7 Å². The van der Waals surface area contributed by atoms with Crippen LogP contribution in [0.3, 0.4) is 0 Å². The lowest BCUT2D eigenvalue weighted by atomic mass is 9.70. The van der Waals surface area contributed by atoms with Gasteiger partial charge in [0, 0.05) is 30.9 Å². The van der Waals surface area contributed by atoms with Crippen molar-refractivity contribution in [3.63, 3.8) is 0 Å². The predicted molar refractivity (Wildman–Crippen MR) is 191 cm³/mol. The van der Waals surface area contributed by atoms with Crippen LogP contribution in [0.25, 0.3) is 11.0 Å². The largest absolute Gasteiger partial charge is 0.455 e. The van der Waals surface area contributed by atoms with Gasteiger partial charge in [0.25, 0.3) is 0 Å². The van der Waals surface area contributed by atoms with Crippen molar-refractivity contribution in [2.45, 2.75) is 67.5 Å². The van der Waals surface area contributed by atoms with Gasteiger partial charge >= 0.3 is 5.97 Å². The molecule has 3 saturated heterocycles. The van der Waals surface area contributed by atoms with Crippen molar-refractivity contribution in [2.24, 2.45) is 11.8 Å². The Hall–Kier alpha value is -4.40. The maximum absolute atomic E-state index is 14.8. The summed E-state index contributed by atoms with van der Waals surface area (Å²) in [4.78, 5) is 58.9. The molecule has 51 heavy (non-hydrogen) atoms. The molecule has 0 radical (unpaired) electrons. The van der Waals surface area contributed by atoms with Gasteiger partial charge in [-0.05, 0) is 43.4 Å². The summed E-state index contributed by atoms with van der Waals surface area (Å²) >= 11 is 3.72. The number of hydrogen-bond acceptors (Lipinski definition) is 9. The van der Waals surface area contributed by atoms with Gasteiger partial charge in [-0.2, -0.15) is 0 Å². The van der Waals surface area contributed by atoms with Crippen molar-refractivity contribution in [3.8, 4) is 0 Å². The first-order valence-electron chi connectivity index (χ1n) is 17.3. The van der Waals surface area contributed by atoms with Gasteiger partial charge in [0.15, 0.2) is 0 Å². The van der Waals surface area contributed by atoms with Gasteiger partial charge in [-0.15, -0.1) is 18.3 Å². The van der Waals surface area contributed by atoms with Crippen LogP contribution in [-0.2, 0) is 35.3 Å². The molecule has 270 valence electrons. The number of ether oxygens (including phenoxy) is 2. The molecule has 3 fully saturated rings. The SMILES string of the molecule is C=CCCC(=O)NC[C@H](OC(=O)[C@H]1[C@@H]2O[C@@]3(CC2Br)[C@@H]1C(=O)N(CCCCO)[C@@H]3C(=O)N(CC=C)Cn1nnc2ccccc21)c1ccccc1. The van der Waals surface area contributed by atoms with Crippen molar-refractivity contribution < 1.29 is 33.8 Å². The zero-order chi connectivity index (χ0) is 36.1. The average molecular weight is 764 g/mol. The van der Waals surface area contributed by atoms with Crippen molar-refractivity contribution in [1.82, 2.24) is 30.1 Å². The number of esters is 1. The summed E-state index contributed by atoms with van der Waals surface area (Å²) in [7, 11) is 0. The Kier molecular flexibility index (Phi) is 11.3. The van der Waals surface area contributed by atoms with E-state index in [4.69, 9.17) is 9.47 Å². The highest BCUT2D eigenvalue weighted by Gasteiger charge is 2.77. The van der Waals surface area contributed by atoms with E-state index in [2.05, 4.69) is 44.7 Å². The molecule has 2 aromatic carbocycles. The highest BCUT2D eigenvalue weighted by atomic mass is 79.9. The fourth-order valence-corrected chi connectivity index (χ4v) is 8.63. The van der Waals surface area contributed by atoms with E-state index < -0.39 is 41.7 Å². The molecule has 6 rings (SSSR count). The molecule has 13 nitrogen and oxygen atoms in total. The smallest absolute Gasteiger partial charge is 0.313 e. The van der Waals surface area contributed by atoms with Crippen molar-refractivity contribution in [2.75, 3.05) is 26.2 Å². The van der Waals surface area contributed by atoms with E-state index in [0.717, 1.165) is 5.52 Å². The zero-order valence-electron chi connectivity index (χ0n) is 28.3. The molecular weight excluding hydrogens is 720 g/mol. The first-order valence-corrected chi connectivity index (χ1v) is 18.2. The number of allylic oxidation sites excluding steroid dienone is 1. The lowest BCUT2D eigenvalue weighted by Crippen LogP contribution is -2.57. The Balaban J connectivity index is 1.31. The number of aliphatic hydroxyl groups is 1. The molecule has 2 N–H and O–H groups in total. The maximum Gasteiger partial charge on any atom is 0.313 e. The molecule has 1 spiro atoms. The summed E-state index contributed by atoms with van der Waals surface area (Å²) in [6.45, 7) is 7.89. The fraction of sp³-hybridized carbons (Fsp3) is 0.459. The van der Waals surface area contributed by atoms with E-state index in [1.807, 2.05) is 54.6 Å². The Morgan fingerprint density at radius 1 is 1.14 bits per heavy atom. The summed E-state index contributed by atoms with van der Waals surface area (Å²) in [5.41, 5.74) is 0.779. The third-order valence-corrected chi connectivity index (χ3v) is 10.8. The van der Waals surface area contributed by atoms with Gasteiger partial charge in [0.05, 0.1) is 30.0 Å². The fourth-order valence-electron chi connectivity index (χ4n) is 7.68. The number of carbonyl (C=O) groups is 4. The molecular formula is C37H43BrN6O7. The zero-order valence-corrected chi connectivity index (χ0v) is 29.9. The van der Waals surface area contributed by atoms with E-state index in [-0.39, 0.29) is 61.9 Å². The number of para-hydroxylation sites is 1. The number of aliphatic hydroxyl groups excluding tert-OH is 1. The first-order chi connectivity index (χ1) is 24.7. The van der Waals surface area contributed by atoms with Crippen LogP contribution in [0, 0.1) is 11.8 Å². The van der Waals surface area contributed by atoms with E-state index >= 15 is 0 Å². The second-order valence-corrected chi connectivity index (χ2v) is 14.3. The number of nitrogens with zero attached hydrogens (tertiary/aromatic N) is 5. The van der Waals surface area contributed by atoms with Crippen LogP contribution < -0.4 is 5.32 Å². The molecule has 3 aliphatic heterocycles. The number of likely N-dealkylation sites (tertiary alicyclic amines) is 1. The van der Waals surface area contributed by atoms with Crippen LogP contribution in [0.5, 0.6) is 0 Å². The Bertz CT molecular complexity index is 1770. The molecule has 7 atom stereocenters. The third kappa shape index (κ3) is 7.09. The van der Waals surface area contributed by atoms with Crippen molar-refractivity contribution >= 4 is 50.7 Å². The molecule has 3 amide bonds. The van der Waals surface area contributed by atoms with Crippen LogP contribution in [0.15, 0.2) is 79.9 Å². The molecule has 4 heterocycles. The molecule has 3 aromatic rings. The molecule has 1 aromatic heterocycles. The molecule has 0 saturated carbocycles. The summed E-state index contributed by atoms with van der Waals surface area (Å²) in [5.74, 6) is -3.57. The first kappa shape index (κ1) is 36.4. The highest BCUT2D eigenvalue weighted by Crippen LogP contribution is 2.60. The minimum absolute atomic E-state index is 0.0351. The van der Waals surface area contributed by atoms with E-state index in [1.54, 1.807) is 21.7 Å². The number of benzene rings is 2. The van der Waals surface area contributed by atoms with E-state index in [9.17, 15) is 24.3 Å². The summed E-state index contributed by atoms with van der Waals surface area (Å²) in [6, 6.07) is 15.5. The highest BCUT2D eigenvalue weighted by molar-refractivity contribution is 9.09. The molecule has 3 aliphatic rings. The molecule has 14 heteroatoms. The number of hydrogen-bond donors (Lipinski definition) is 2. The number of carbonyl (C=O) groups excluding carboxylic acids is 4. The number of nitrogens with one attached hydrogen (secondary N) is 1. The number of alkyl halides is 1. The van der Waals surface area contributed by atoms with E-state index in [0.29, 0.717) is 36.8 Å². The van der Waals surface area contributed by atoms with Crippen LogP contribution in [0.2, 0.25) is 0 Å². The van der Waals surface area contributed by atoms with Gasteiger partial charge in [-0.1, -0.05) is 75.8 Å². The van der Waals surface area contributed by atoms with Crippen LogP contribution in [-0.4, -0.2) is 102 Å². The summed E-state index contributed by atoms with van der Waals surface area (Å²) in [5, 5.41) is 20.9. The third-order valence-electron chi connectivity index (χ3n) is 9.98. The minimum atomic E-state index is -1.32. The molecule has 1 unspecified atom stereocenters. The Morgan fingerprint density at radius 3 is 2.65 bits per heavy atom. The number of rotatable bonds is 17. The van der Waals surface area contributed by atoms with Crippen molar-refractivity contribution in [1.29, 1.82) is 0 Å². The number of fused-ring (bicyclic) bond motifs is 2. The topological polar surface area (TPSA) is 156 Å². The van der Waals surface area contributed by atoms with Crippen LogP contribution in [0.1, 0.15) is 43.8 Å². The van der Waals surface area contributed by atoms with Gasteiger partial charge in [0.1, 0.15) is 29.9 Å². The summed E-state index contributed by atoms with van der Waals surface area (Å²) < 4.78 is 14.5. The molecule has 2 bridgehead atoms.